The van der Waals surface area contributed by atoms with Gasteiger partial charge in [0.1, 0.15) is 13.2 Å². The number of ether oxygens (including phenoxy) is 2. The van der Waals surface area contributed by atoms with Crippen molar-refractivity contribution in [3.63, 3.8) is 0 Å². The first-order valence-electron chi connectivity index (χ1n) is 4.18. The minimum absolute atomic E-state index is 0.618. The predicted molar refractivity (Wildman–Crippen MR) is 54.8 cm³/mol. The Morgan fingerprint density at radius 1 is 1.23 bits per heavy atom. The van der Waals surface area contributed by atoms with Crippen LogP contribution in [-0.4, -0.2) is 18.1 Å². The number of fused-ring (bicyclic) bond motifs is 1. The minimum atomic E-state index is 0.618. The Kier molecular flexibility index (Phi) is 2.19. The van der Waals surface area contributed by atoms with E-state index in [1.54, 1.807) is 0 Å². The molecule has 13 heavy (non-hydrogen) atoms. The summed E-state index contributed by atoms with van der Waals surface area (Å²) in [7, 11) is 0. The number of benzene rings is 1. The molecule has 3 heteroatoms. The largest absolute Gasteiger partial charge is 0.486 e. The van der Waals surface area contributed by atoms with E-state index in [0.29, 0.717) is 13.2 Å². The van der Waals surface area contributed by atoms with Gasteiger partial charge < -0.3 is 9.47 Å². The van der Waals surface area contributed by atoms with E-state index in [-0.39, 0.29) is 0 Å². The summed E-state index contributed by atoms with van der Waals surface area (Å²) in [5, 5.41) is 0. The van der Waals surface area contributed by atoms with E-state index >= 15 is 0 Å². The lowest BCUT2D eigenvalue weighted by molar-refractivity contribution is 0.171. The molecule has 0 bridgehead atoms. The molecule has 0 spiro atoms. The lowest BCUT2D eigenvalue weighted by Crippen LogP contribution is -2.15. The van der Waals surface area contributed by atoms with Crippen molar-refractivity contribution >= 4 is 17.1 Å². The molecule has 2 rings (SSSR count). The first kappa shape index (κ1) is 8.51. The molecule has 0 radical (unpaired) electrons. The molecule has 1 aliphatic heterocycles. The highest BCUT2D eigenvalue weighted by Gasteiger charge is 2.11. The van der Waals surface area contributed by atoms with E-state index in [0.717, 1.165) is 21.9 Å². The van der Waals surface area contributed by atoms with Crippen LogP contribution in [0.25, 0.3) is 0 Å². The van der Waals surface area contributed by atoms with Crippen molar-refractivity contribution in [1.82, 2.24) is 0 Å². The summed E-state index contributed by atoms with van der Waals surface area (Å²) in [5.41, 5.74) is 1.03. The molecule has 0 amide bonds. The number of hydrogen-bond donors (Lipinski definition) is 0. The first-order chi connectivity index (χ1) is 6.27. The smallest absolute Gasteiger partial charge is 0.161 e. The molecule has 0 saturated carbocycles. The van der Waals surface area contributed by atoms with Gasteiger partial charge in [0.05, 0.1) is 0 Å². The summed E-state index contributed by atoms with van der Waals surface area (Å²) in [5.74, 6) is 1.61. The topological polar surface area (TPSA) is 18.5 Å². The number of hydrogen-bond acceptors (Lipinski definition) is 3. The summed E-state index contributed by atoms with van der Waals surface area (Å²) < 4.78 is 10.8. The third-order valence-corrected chi connectivity index (χ3v) is 2.18. The fraction of sp³-hybridized carbons (Fsp3) is 0.300. The standard InChI is InChI=1S/C10H10O2S/c1-7(13)8-2-3-9-10(6-8)12-5-4-11-9/h2-3,6H,4-5H2,1H3. The number of rotatable bonds is 1. The summed E-state index contributed by atoms with van der Waals surface area (Å²) in [6.45, 7) is 3.15. The van der Waals surface area contributed by atoms with E-state index in [1.807, 2.05) is 25.1 Å². The van der Waals surface area contributed by atoms with E-state index in [2.05, 4.69) is 0 Å². The van der Waals surface area contributed by atoms with E-state index in [1.165, 1.54) is 0 Å². The first-order valence-corrected chi connectivity index (χ1v) is 4.59. The van der Waals surface area contributed by atoms with Crippen molar-refractivity contribution in [2.75, 3.05) is 13.2 Å². The molecule has 0 fully saturated rings. The van der Waals surface area contributed by atoms with Crippen molar-refractivity contribution in [1.29, 1.82) is 0 Å². The van der Waals surface area contributed by atoms with Crippen molar-refractivity contribution in [3.05, 3.63) is 23.8 Å². The van der Waals surface area contributed by atoms with Crippen LogP contribution < -0.4 is 9.47 Å². The minimum Gasteiger partial charge on any atom is -0.486 e. The highest BCUT2D eigenvalue weighted by atomic mass is 32.1. The molecular formula is C10H10O2S. The normalized spacial score (nSPS) is 13.9. The molecule has 0 aromatic heterocycles. The van der Waals surface area contributed by atoms with Gasteiger partial charge in [-0.25, -0.2) is 0 Å². The molecule has 0 atom stereocenters. The summed E-state index contributed by atoms with van der Waals surface area (Å²) >= 11 is 5.07. The van der Waals surface area contributed by atoms with Crippen LogP contribution in [-0.2, 0) is 0 Å². The van der Waals surface area contributed by atoms with E-state index in [4.69, 9.17) is 21.7 Å². The Morgan fingerprint density at radius 2 is 1.92 bits per heavy atom. The van der Waals surface area contributed by atoms with E-state index in [9.17, 15) is 0 Å². The zero-order chi connectivity index (χ0) is 9.26. The second-order valence-corrected chi connectivity index (χ2v) is 3.53. The zero-order valence-corrected chi connectivity index (χ0v) is 8.19. The maximum atomic E-state index is 5.43. The van der Waals surface area contributed by atoms with Gasteiger partial charge in [-0.2, -0.15) is 0 Å². The summed E-state index contributed by atoms with van der Waals surface area (Å²) in [4.78, 5) is 0.872. The van der Waals surface area contributed by atoms with Crippen LogP contribution in [0.1, 0.15) is 12.5 Å². The second kappa shape index (κ2) is 3.34. The van der Waals surface area contributed by atoms with Gasteiger partial charge in [-0.3, -0.25) is 0 Å². The lowest BCUT2D eigenvalue weighted by atomic mass is 10.1. The fourth-order valence-electron chi connectivity index (χ4n) is 1.26. The maximum Gasteiger partial charge on any atom is 0.161 e. The average molecular weight is 194 g/mol. The third-order valence-electron chi connectivity index (χ3n) is 1.95. The van der Waals surface area contributed by atoms with Crippen LogP contribution in [0.4, 0.5) is 0 Å². The lowest BCUT2D eigenvalue weighted by Gasteiger charge is -2.18. The van der Waals surface area contributed by atoms with Crippen LogP contribution >= 0.6 is 12.2 Å². The molecule has 0 unspecified atom stereocenters. The second-order valence-electron chi connectivity index (χ2n) is 2.91. The highest BCUT2D eigenvalue weighted by molar-refractivity contribution is 7.80. The van der Waals surface area contributed by atoms with Gasteiger partial charge >= 0.3 is 0 Å². The monoisotopic (exact) mass is 194 g/mol. The van der Waals surface area contributed by atoms with Crippen LogP contribution in [0, 0.1) is 0 Å². The summed E-state index contributed by atoms with van der Waals surface area (Å²) in [6.07, 6.45) is 0. The van der Waals surface area contributed by atoms with Gasteiger partial charge in [-0.1, -0.05) is 12.2 Å². The molecule has 0 aliphatic carbocycles. The molecule has 0 N–H and O–H groups in total. The average Bonchev–Trinajstić information content (AvgIpc) is 2.17. The van der Waals surface area contributed by atoms with Crippen molar-refractivity contribution in [2.24, 2.45) is 0 Å². The molecule has 0 saturated heterocycles. The molecule has 1 heterocycles. The SMILES string of the molecule is CC(=S)c1ccc2c(c1)OCCO2. The Balaban J connectivity index is 2.40. The highest BCUT2D eigenvalue weighted by Crippen LogP contribution is 2.30. The van der Waals surface area contributed by atoms with Gasteiger partial charge in [0.2, 0.25) is 0 Å². The Morgan fingerprint density at radius 3 is 2.62 bits per heavy atom. The Bertz CT molecular complexity index is 347. The van der Waals surface area contributed by atoms with Crippen LogP contribution in [0.5, 0.6) is 11.5 Å². The van der Waals surface area contributed by atoms with E-state index < -0.39 is 0 Å². The molecular weight excluding hydrogens is 184 g/mol. The van der Waals surface area contributed by atoms with Gasteiger partial charge in [0, 0.05) is 4.86 Å². The van der Waals surface area contributed by atoms with Crippen LogP contribution in [0.2, 0.25) is 0 Å². The van der Waals surface area contributed by atoms with Gasteiger partial charge in [-0.15, -0.1) is 0 Å². The Hall–Kier alpha value is -1.09. The van der Waals surface area contributed by atoms with Gasteiger partial charge in [0.25, 0.3) is 0 Å². The Labute approximate surface area is 82.5 Å². The molecule has 1 aromatic rings. The zero-order valence-electron chi connectivity index (χ0n) is 7.37. The fourth-order valence-corrected chi connectivity index (χ4v) is 1.39. The summed E-state index contributed by atoms with van der Waals surface area (Å²) in [6, 6.07) is 5.78. The molecule has 1 aliphatic rings. The predicted octanol–water partition coefficient (Wildman–Crippen LogP) is 2.20. The third kappa shape index (κ3) is 1.65. The van der Waals surface area contributed by atoms with Crippen molar-refractivity contribution in [2.45, 2.75) is 6.92 Å². The van der Waals surface area contributed by atoms with Crippen LogP contribution in [0.15, 0.2) is 18.2 Å². The molecule has 1 aromatic carbocycles. The van der Waals surface area contributed by atoms with Crippen molar-refractivity contribution < 1.29 is 9.47 Å². The van der Waals surface area contributed by atoms with Gasteiger partial charge in [0.15, 0.2) is 11.5 Å². The molecule has 2 nitrogen and oxygen atoms in total. The van der Waals surface area contributed by atoms with Crippen LogP contribution in [0.3, 0.4) is 0 Å². The van der Waals surface area contributed by atoms with Gasteiger partial charge in [-0.05, 0) is 30.7 Å². The maximum absolute atomic E-state index is 5.43. The number of thiocarbonyl (C=S) groups is 1. The quantitative estimate of drug-likeness (QED) is 0.504. The van der Waals surface area contributed by atoms with Crippen molar-refractivity contribution in [3.8, 4) is 11.5 Å². The molecule has 68 valence electrons.